The summed E-state index contributed by atoms with van der Waals surface area (Å²) >= 11 is 0. The Kier molecular flexibility index (Phi) is 6.53. The first-order chi connectivity index (χ1) is 9.08. The van der Waals surface area contributed by atoms with Crippen LogP contribution < -0.4 is 0 Å². The van der Waals surface area contributed by atoms with Gasteiger partial charge in [-0.2, -0.15) is 0 Å². The summed E-state index contributed by atoms with van der Waals surface area (Å²) in [5, 5.41) is 0. The molecule has 0 aliphatic carbocycles. The molecule has 0 saturated heterocycles. The van der Waals surface area contributed by atoms with Crippen molar-refractivity contribution < 1.29 is 19.0 Å². The number of carbonyl (C=O) groups is 1. The van der Waals surface area contributed by atoms with Gasteiger partial charge in [0.15, 0.2) is 0 Å². The highest BCUT2D eigenvalue weighted by molar-refractivity contribution is 5.89. The fraction of sp³-hybridized carbons (Fsp3) is 0.533. The van der Waals surface area contributed by atoms with Gasteiger partial charge in [-0.1, -0.05) is 26.0 Å². The summed E-state index contributed by atoms with van der Waals surface area (Å²) in [6.45, 7) is 4.87. The van der Waals surface area contributed by atoms with E-state index in [1.54, 1.807) is 26.4 Å². The van der Waals surface area contributed by atoms with Crippen LogP contribution >= 0.6 is 0 Å². The van der Waals surface area contributed by atoms with Crippen molar-refractivity contribution in [3.05, 3.63) is 35.4 Å². The number of rotatable bonds is 7. The van der Waals surface area contributed by atoms with E-state index in [2.05, 4.69) is 13.8 Å². The van der Waals surface area contributed by atoms with E-state index >= 15 is 0 Å². The molecule has 0 aliphatic rings. The lowest BCUT2D eigenvalue weighted by Crippen LogP contribution is -2.27. The van der Waals surface area contributed by atoms with Gasteiger partial charge in [0.25, 0.3) is 0 Å². The first-order valence-electron chi connectivity index (χ1n) is 6.37. The predicted molar refractivity (Wildman–Crippen MR) is 73.5 cm³/mol. The topological polar surface area (TPSA) is 44.8 Å². The quantitative estimate of drug-likeness (QED) is 0.712. The Hall–Kier alpha value is -1.39. The van der Waals surface area contributed by atoms with Gasteiger partial charge in [0.2, 0.25) is 0 Å². The van der Waals surface area contributed by atoms with Crippen LogP contribution in [0.5, 0.6) is 0 Å². The lowest BCUT2D eigenvalue weighted by atomic mass is 10.0. The molecule has 0 aliphatic heterocycles. The van der Waals surface area contributed by atoms with Crippen molar-refractivity contribution in [2.75, 3.05) is 27.4 Å². The van der Waals surface area contributed by atoms with E-state index in [4.69, 9.17) is 14.2 Å². The zero-order chi connectivity index (χ0) is 14.3. The minimum Gasteiger partial charge on any atom is -0.454 e. The van der Waals surface area contributed by atoms with Gasteiger partial charge in [-0.05, 0) is 23.6 Å². The second kappa shape index (κ2) is 7.92. The summed E-state index contributed by atoms with van der Waals surface area (Å²) in [5.41, 5.74) is 1.74. The molecule has 0 spiro atoms. The number of benzene rings is 1. The fourth-order valence-corrected chi connectivity index (χ4v) is 1.71. The van der Waals surface area contributed by atoms with Gasteiger partial charge in [0.05, 0.1) is 18.8 Å². The van der Waals surface area contributed by atoms with Crippen LogP contribution in [0.3, 0.4) is 0 Å². The predicted octanol–water partition coefficient (Wildman–Crippen LogP) is 2.63. The SMILES string of the molecule is COCC(COC)OC(=O)c1ccc(C(C)C)cc1. The molecule has 0 atom stereocenters. The Bertz CT molecular complexity index is 378. The Balaban J connectivity index is 2.65. The molecule has 19 heavy (non-hydrogen) atoms. The highest BCUT2D eigenvalue weighted by atomic mass is 16.6. The average Bonchev–Trinajstić information content (AvgIpc) is 2.39. The molecule has 0 N–H and O–H groups in total. The van der Waals surface area contributed by atoms with E-state index in [-0.39, 0.29) is 12.1 Å². The molecule has 0 saturated carbocycles. The number of ether oxygens (including phenoxy) is 3. The highest BCUT2D eigenvalue weighted by Gasteiger charge is 2.16. The van der Waals surface area contributed by atoms with Crippen molar-refractivity contribution in [2.24, 2.45) is 0 Å². The van der Waals surface area contributed by atoms with Gasteiger partial charge < -0.3 is 14.2 Å². The lowest BCUT2D eigenvalue weighted by molar-refractivity contribution is -0.0223. The van der Waals surface area contributed by atoms with Gasteiger partial charge in [0.1, 0.15) is 6.10 Å². The Morgan fingerprint density at radius 1 is 1.05 bits per heavy atom. The van der Waals surface area contributed by atoms with E-state index in [1.807, 2.05) is 12.1 Å². The zero-order valence-corrected chi connectivity index (χ0v) is 12.0. The van der Waals surface area contributed by atoms with E-state index in [0.29, 0.717) is 24.7 Å². The molecular formula is C15H22O4. The molecule has 0 heterocycles. The Labute approximate surface area is 114 Å². The number of hydrogen-bond acceptors (Lipinski definition) is 4. The summed E-state index contributed by atoms with van der Waals surface area (Å²) in [6, 6.07) is 7.47. The van der Waals surface area contributed by atoms with Crippen molar-refractivity contribution in [3.8, 4) is 0 Å². The fourth-order valence-electron chi connectivity index (χ4n) is 1.71. The van der Waals surface area contributed by atoms with Gasteiger partial charge >= 0.3 is 5.97 Å². The second-order valence-corrected chi connectivity index (χ2v) is 4.71. The average molecular weight is 266 g/mol. The summed E-state index contributed by atoms with van der Waals surface area (Å²) in [6.07, 6.45) is -0.382. The molecule has 0 radical (unpaired) electrons. The van der Waals surface area contributed by atoms with Crippen molar-refractivity contribution in [3.63, 3.8) is 0 Å². The van der Waals surface area contributed by atoms with Crippen LogP contribution in [0.2, 0.25) is 0 Å². The van der Waals surface area contributed by atoms with Crippen LogP contribution in [0, 0.1) is 0 Å². The maximum Gasteiger partial charge on any atom is 0.338 e. The first-order valence-corrected chi connectivity index (χ1v) is 6.37. The van der Waals surface area contributed by atoms with Gasteiger partial charge in [-0.3, -0.25) is 0 Å². The van der Waals surface area contributed by atoms with Crippen LogP contribution in [0.1, 0.15) is 35.7 Å². The standard InChI is InChI=1S/C15H22O4/c1-11(2)12-5-7-13(8-6-12)15(16)19-14(9-17-3)10-18-4/h5-8,11,14H,9-10H2,1-4H3. The minimum absolute atomic E-state index is 0.323. The van der Waals surface area contributed by atoms with Gasteiger partial charge in [-0.15, -0.1) is 0 Å². The van der Waals surface area contributed by atoms with Crippen LogP contribution in [0.4, 0.5) is 0 Å². The molecule has 0 unspecified atom stereocenters. The van der Waals surface area contributed by atoms with E-state index in [0.717, 1.165) is 0 Å². The third kappa shape index (κ3) is 5.01. The van der Waals surface area contributed by atoms with Gasteiger partial charge in [0, 0.05) is 14.2 Å². The monoisotopic (exact) mass is 266 g/mol. The summed E-state index contributed by atoms with van der Waals surface area (Å²) in [5.74, 6) is 0.0919. The number of methoxy groups -OCH3 is 2. The van der Waals surface area contributed by atoms with Crippen LogP contribution in [0.15, 0.2) is 24.3 Å². The maximum absolute atomic E-state index is 12.0. The molecule has 0 amide bonds. The number of hydrogen-bond donors (Lipinski definition) is 0. The smallest absolute Gasteiger partial charge is 0.338 e. The maximum atomic E-state index is 12.0. The molecule has 1 aromatic carbocycles. The second-order valence-electron chi connectivity index (χ2n) is 4.71. The Morgan fingerprint density at radius 2 is 1.58 bits per heavy atom. The molecule has 0 aromatic heterocycles. The van der Waals surface area contributed by atoms with Crippen molar-refractivity contribution in [2.45, 2.75) is 25.9 Å². The molecule has 1 aromatic rings. The minimum atomic E-state index is -0.382. The van der Waals surface area contributed by atoms with E-state index < -0.39 is 0 Å². The van der Waals surface area contributed by atoms with Crippen molar-refractivity contribution in [1.82, 2.24) is 0 Å². The number of esters is 1. The summed E-state index contributed by atoms with van der Waals surface area (Å²) in [4.78, 5) is 12.0. The molecule has 106 valence electrons. The summed E-state index contributed by atoms with van der Waals surface area (Å²) in [7, 11) is 3.13. The third-order valence-corrected chi connectivity index (χ3v) is 2.79. The summed E-state index contributed by atoms with van der Waals surface area (Å²) < 4.78 is 15.3. The first kappa shape index (κ1) is 15.7. The molecule has 0 fully saturated rings. The molecule has 4 nitrogen and oxygen atoms in total. The molecule has 0 bridgehead atoms. The van der Waals surface area contributed by atoms with E-state index in [1.165, 1.54) is 5.56 Å². The third-order valence-electron chi connectivity index (χ3n) is 2.79. The zero-order valence-electron chi connectivity index (χ0n) is 12.0. The normalized spacial score (nSPS) is 11.1. The number of carbonyl (C=O) groups excluding carboxylic acids is 1. The van der Waals surface area contributed by atoms with Crippen molar-refractivity contribution >= 4 is 5.97 Å². The largest absolute Gasteiger partial charge is 0.454 e. The Morgan fingerprint density at radius 3 is 2.00 bits per heavy atom. The van der Waals surface area contributed by atoms with E-state index in [9.17, 15) is 4.79 Å². The van der Waals surface area contributed by atoms with Crippen molar-refractivity contribution in [1.29, 1.82) is 0 Å². The van der Waals surface area contributed by atoms with Crippen LogP contribution in [-0.2, 0) is 14.2 Å². The van der Waals surface area contributed by atoms with Crippen LogP contribution in [-0.4, -0.2) is 39.5 Å². The molecule has 4 heteroatoms. The molecule has 1 rings (SSSR count). The highest BCUT2D eigenvalue weighted by Crippen LogP contribution is 2.15. The van der Waals surface area contributed by atoms with Gasteiger partial charge in [-0.25, -0.2) is 4.79 Å². The van der Waals surface area contributed by atoms with Crippen LogP contribution in [0.25, 0.3) is 0 Å². The molecular weight excluding hydrogens is 244 g/mol. The lowest BCUT2D eigenvalue weighted by Gasteiger charge is -2.16.